The second-order valence-electron chi connectivity index (χ2n) is 4.28. The Labute approximate surface area is 105 Å². The standard InChI is InChI=1S/C12H19N3O3/c1-4-9(5-2)13-10(16)7-15-6-8(3)11(17)14-12(15)18/h6,9H,4-5,7H2,1-3H3,(H,13,16)(H,14,17,18). The average molecular weight is 253 g/mol. The largest absolute Gasteiger partial charge is 0.352 e. The van der Waals surface area contributed by atoms with Gasteiger partial charge in [0.2, 0.25) is 5.91 Å². The Morgan fingerprint density at radius 2 is 2.00 bits per heavy atom. The van der Waals surface area contributed by atoms with Crippen LogP contribution in [0, 0.1) is 6.92 Å². The molecule has 0 saturated heterocycles. The number of H-pyrrole nitrogens is 1. The molecule has 0 bridgehead atoms. The third-order valence-electron chi connectivity index (χ3n) is 2.85. The molecule has 1 rings (SSSR count). The fourth-order valence-electron chi connectivity index (χ4n) is 1.66. The molecule has 18 heavy (non-hydrogen) atoms. The van der Waals surface area contributed by atoms with Gasteiger partial charge in [0.25, 0.3) is 5.56 Å². The lowest BCUT2D eigenvalue weighted by atomic mass is 10.2. The number of amides is 1. The first-order chi connectivity index (χ1) is 8.47. The van der Waals surface area contributed by atoms with E-state index in [0.717, 1.165) is 12.8 Å². The van der Waals surface area contributed by atoms with Crippen LogP contribution < -0.4 is 16.6 Å². The van der Waals surface area contributed by atoms with Crippen molar-refractivity contribution in [1.29, 1.82) is 0 Å². The first-order valence-corrected chi connectivity index (χ1v) is 6.07. The lowest BCUT2D eigenvalue weighted by molar-refractivity contribution is -0.122. The summed E-state index contributed by atoms with van der Waals surface area (Å²) in [5, 5.41) is 2.84. The van der Waals surface area contributed by atoms with Crippen LogP contribution in [-0.2, 0) is 11.3 Å². The minimum Gasteiger partial charge on any atom is -0.352 e. The summed E-state index contributed by atoms with van der Waals surface area (Å²) in [7, 11) is 0. The molecule has 0 unspecified atom stereocenters. The van der Waals surface area contributed by atoms with E-state index in [2.05, 4.69) is 10.3 Å². The van der Waals surface area contributed by atoms with Crippen molar-refractivity contribution >= 4 is 5.91 Å². The lowest BCUT2D eigenvalue weighted by Gasteiger charge is -2.15. The number of aromatic amines is 1. The normalized spacial score (nSPS) is 10.7. The number of carbonyl (C=O) groups excluding carboxylic acids is 1. The second-order valence-corrected chi connectivity index (χ2v) is 4.28. The molecule has 0 aliphatic carbocycles. The maximum atomic E-state index is 11.7. The number of aryl methyl sites for hydroxylation is 1. The maximum absolute atomic E-state index is 11.7. The van der Waals surface area contributed by atoms with Gasteiger partial charge in [-0.05, 0) is 19.8 Å². The molecular formula is C12H19N3O3. The van der Waals surface area contributed by atoms with E-state index in [9.17, 15) is 14.4 Å². The summed E-state index contributed by atoms with van der Waals surface area (Å²) in [4.78, 5) is 36.6. The Kier molecular flexibility index (Phi) is 4.88. The zero-order valence-corrected chi connectivity index (χ0v) is 10.9. The number of hydrogen-bond donors (Lipinski definition) is 2. The first kappa shape index (κ1) is 14.2. The molecule has 0 fully saturated rings. The summed E-state index contributed by atoms with van der Waals surface area (Å²) in [6, 6.07) is 0.122. The molecule has 1 aromatic heterocycles. The van der Waals surface area contributed by atoms with E-state index in [1.165, 1.54) is 10.8 Å². The molecule has 1 aromatic rings. The van der Waals surface area contributed by atoms with E-state index in [0.29, 0.717) is 5.56 Å². The molecule has 1 heterocycles. The topological polar surface area (TPSA) is 84.0 Å². The van der Waals surface area contributed by atoms with Crippen molar-refractivity contribution in [2.45, 2.75) is 46.2 Å². The summed E-state index contributed by atoms with van der Waals surface area (Å²) >= 11 is 0. The highest BCUT2D eigenvalue weighted by Crippen LogP contribution is 1.96. The highest BCUT2D eigenvalue weighted by Gasteiger charge is 2.10. The van der Waals surface area contributed by atoms with E-state index in [-0.39, 0.29) is 18.5 Å². The zero-order chi connectivity index (χ0) is 13.7. The summed E-state index contributed by atoms with van der Waals surface area (Å²) in [5.41, 5.74) is -0.577. The van der Waals surface area contributed by atoms with Gasteiger partial charge in [0.05, 0.1) is 0 Å². The quantitative estimate of drug-likeness (QED) is 0.783. The lowest BCUT2D eigenvalue weighted by Crippen LogP contribution is -2.40. The van der Waals surface area contributed by atoms with Crippen LogP contribution in [0.3, 0.4) is 0 Å². The number of rotatable bonds is 5. The predicted octanol–water partition coefficient (Wildman–Crippen LogP) is 0.150. The van der Waals surface area contributed by atoms with Gasteiger partial charge in [-0.2, -0.15) is 0 Å². The van der Waals surface area contributed by atoms with Crippen molar-refractivity contribution < 1.29 is 4.79 Å². The Morgan fingerprint density at radius 1 is 1.39 bits per heavy atom. The molecule has 6 nitrogen and oxygen atoms in total. The number of aromatic nitrogens is 2. The number of nitrogens with one attached hydrogen (secondary N) is 2. The summed E-state index contributed by atoms with van der Waals surface area (Å²) in [6.45, 7) is 5.50. The van der Waals surface area contributed by atoms with Crippen LogP contribution in [0.5, 0.6) is 0 Å². The third kappa shape index (κ3) is 3.58. The molecule has 0 saturated carbocycles. The van der Waals surface area contributed by atoms with Crippen LogP contribution in [0.1, 0.15) is 32.3 Å². The number of nitrogens with zero attached hydrogens (tertiary/aromatic N) is 1. The third-order valence-corrected chi connectivity index (χ3v) is 2.85. The van der Waals surface area contributed by atoms with E-state index in [1.807, 2.05) is 13.8 Å². The summed E-state index contributed by atoms with van der Waals surface area (Å²) < 4.78 is 1.20. The fraction of sp³-hybridized carbons (Fsp3) is 0.583. The number of carbonyl (C=O) groups is 1. The van der Waals surface area contributed by atoms with Crippen molar-refractivity contribution in [3.05, 3.63) is 32.6 Å². The zero-order valence-electron chi connectivity index (χ0n) is 10.9. The van der Waals surface area contributed by atoms with Gasteiger partial charge in [0.15, 0.2) is 0 Å². The SMILES string of the molecule is CCC(CC)NC(=O)Cn1cc(C)c(=O)[nH]c1=O. The van der Waals surface area contributed by atoms with Crippen LogP contribution in [0.15, 0.2) is 15.8 Å². The highest BCUT2D eigenvalue weighted by atomic mass is 16.2. The Morgan fingerprint density at radius 3 is 2.56 bits per heavy atom. The van der Waals surface area contributed by atoms with E-state index >= 15 is 0 Å². The van der Waals surface area contributed by atoms with Crippen molar-refractivity contribution in [2.24, 2.45) is 0 Å². The molecular weight excluding hydrogens is 234 g/mol. The van der Waals surface area contributed by atoms with Crippen molar-refractivity contribution in [3.63, 3.8) is 0 Å². The van der Waals surface area contributed by atoms with Gasteiger partial charge in [-0.3, -0.25) is 19.1 Å². The van der Waals surface area contributed by atoms with Crippen LogP contribution in [-0.4, -0.2) is 21.5 Å². The average Bonchev–Trinajstić information content (AvgIpc) is 2.33. The molecule has 0 spiro atoms. The van der Waals surface area contributed by atoms with Crippen LogP contribution in [0.2, 0.25) is 0 Å². The van der Waals surface area contributed by atoms with Gasteiger partial charge >= 0.3 is 5.69 Å². The molecule has 0 aromatic carbocycles. The van der Waals surface area contributed by atoms with E-state index < -0.39 is 11.2 Å². The molecule has 100 valence electrons. The van der Waals surface area contributed by atoms with Gasteiger partial charge in [-0.25, -0.2) is 4.79 Å². The van der Waals surface area contributed by atoms with Crippen molar-refractivity contribution in [3.8, 4) is 0 Å². The minimum atomic E-state index is -0.565. The Bertz CT molecular complexity index is 526. The monoisotopic (exact) mass is 253 g/mol. The first-order valence-electron chi connectivity index (χ1n) is 6.07. The predicted molar refractivity (Wildman–Crippen MR) is 68.6 cm³/mol. The van der Waals surface area contributed by atoms with Crippen LogP contribution >= 0.6 is 0 Å². The van der Waals surface area contributed by atoms with Gasteiger partial charge < -0.3 is 5.32 Å². The van der Waals surface area contributed by atoms with Crippen molar-refractivity contribution in [2.75, 3.05) is 0 Å². The number of hydrogen-bond acceptors (Lipinski definition) is 3. The molecule has 0 aliphatic rings. The van der Waals surface area contributed by atoms with E-state index in [4.69, 9.17) is 0 Å². The summed E-state index contributed by atoms with van der Waals surface area (Å²) in [5.74, 6) is -0.225. The summed E-state index contributed by atoms with van der Waals surface area (Å²) in [6.07, 6.45) is 3.09. The molecule has 6 heteroatoms. The molecule has 0 radical (unpaired) electrons. The molecule has 2 N–H and O–H groups in total. The van der Waals surface area contributed by atoms with Crippen LogP contribution in [0.4, 0.5) is 0 Å². The fourth-order valence-corrected chi connectivity index (χ4v) is 1.66. The van der Waals surface area contributed by atoms with Gasteiger partial charge in [0, 0.05) is 17.8 Å². The van der Waals surface area contributed by atoms with Crippen molar-refractivity contribution in [1.82, 2.24) is 14.9 Å². The van der Waals surface area contributed by atoms with E-state index in [1.54, 1.807) is 6.92 Å². The molecule has 0 atom stereocenters. The Hall–Kier alpha value is -1.85. The maximum Gasteiger partial charge on any atom is 0.328 e. The van der Waals surface area contributed by atoms with Crippen LogP contribution in [0.25, 0.3) is 0 Å². The van der Waals surface area contributed by atoms with Gasteiger partial charge in [0.1, 0.15) is 6.54 Å². The van der Waals surface area contributed by atoms with Gasteiger partial charge in [-0.15, -0.1) is 0 Å². The smallest absolute Gasteiger partial charge is 0.328 e. The Balaban J connectivity index is 2.79. The molecule has 1 amide bonds. The minimum absolute atomic E-state index is 0.0764. The second kappa shape index (κ2) is 6.18. The highest BCUT2D eigenvalue weighted by molar-refractivity contribution is 5.76. The van der Waals surface area contributed by atoms with Gasteiger partial charge in [-0.1, -0.05) is 13.8 Å². The molecule has 0 aliphatic heterocycles.